The number of alkyl halides is 3. The quantitative estimate of drug-likeness (QED) is 0.525. The van der Waals surface area contributed by atoms with E-state index in [1.807, 2.05) is 24.3 Å². The molecule has 1 amide bonds. The summed E-state index contributed by atoms with van der Waals surface area (Å²) in [5.74, 6) is 1.12. The van der Waals surface area contributed by atoms with E-state index < -0.39 is 17.7 Å². The number of hydrogen-bond donors (Lipinski definition) is 1. The number of anilines is 1. The second-order valence-electron chi connectivity index (χ2n) is 7.09. The molecule has 3 aromatic rings. The zero-order valence-electron chi connectivity index (χ0n) is 17.5. The van der Waals surface area contributed by atoms with Crippen LogP contribution in [0.2, 0.25) is 0 Å². The fourth-order valence-electron chi connectivity index (χ4n) is 3.05. The topological polar surface area (TPSA) is 87.5 Å². The number of amides is 1. The van der Waals surface area contributed by atoms with Crippen LogP contribution in [0.4, 0.5) is 18.9 Å². The van der Waals surface area contributed by atoms with Crippen molar-refractivity contribution in [2.24, 2.45) is 7.05 Å². The maximum absolute atomic E-state index is 12.5. The van der Waals surface area contributed by atoms with Crippen LogP contribution in [0.25, 0.3) is 0 Å². The molecule has 0 saturated heterocycles. The van der Waals surface area contributed by atoms with Crippen molar-refractivity contribution in [3.63, 3.8) is 0 Å². The van der Waals surface area contributed by atoms with Crippen LogP contribution in [0.15, 0.2) is 53.7 Å². The van der Waals surface area contributed by atoms with Crippen LogP contribution in [0.1, 0.15) is 18.9 Å². The van der Waals surface area contributed by atoms with Crippen molar-refractivity contribution in [3.8, 4) is 17.2 Å². The Balaban J connectivity index is 1.36. The number of nitrogens with zero attached hydrogens (tertiary/aromatic N) is 3. The molecule has 12 heteroatoms. The summed E-state index contributed by atoms with van der Waals surface area (Å²) in [6.45, 7) is 1.96. The molecular formula is C21H19F3N4O4S. The zero-order valence-corrected chi connectivity index (χ0v) is 18.3. The molecule has 0 aliphatic carbocycles. The minimum absolute atomic E-state index is 0.276. The summed E-state index contributed by atoms with van der Waals surface area (Å²) >= 11 is 1.19. The number of nitrogens with one attached hydrogen (secondary N) is 1. The number of aromatic nitrogens is 3. The lowest BCUT2D eigenvalue weighted by Gasteiger charge is -2.25. The highest BCUT2D eigenvalue weighted by Gasteiger charge is 2.31. The van der Waals surface area contributed by atoms with Crippen molar-refractivity contribution in [1.29, 1.82) is 0 Å². The first-order chi connectivity index (χ1) is 15.7. The lowest BCUT2D eigenvalue weighted by molar-refractivity contribution is -0.274. The monoisotopic (exact) mass is 480 g/mol. The summed E-state index contributed by atoms with van der Waals surface area (Å²) in [6, 6.07) is 12.2. The number of carbonyl (C=O) groups is 1. The minimum Gasteiger partial charge on any atom is -0.485 e. The number of carbonyl (C=O) groups excluding carboxylic acids is 1. The summed E-state index contributed by atoms with van der Waals surface area (Å²) in [5, 5.41) is 11.0. The Bertz CT molecular complexity index is 1140. The molecule has 0 bridgehead atoms. The van der Waals surface area contributed by atoms with Crippen molar-refractivity contribution < 1.29 is 32.2 Å². The van der Waals surface area contributed by atoms with E-state index in [4.69, 9.17) is 9.47 Å². The molecule has 0 fully saturated rings. The van der Waals surface area contributed by atoms with Crippen molar-refractivity contribution in [2.75, 3.05) is 11.9 Å². The molecule has 2 aromatic carbocycles. The van der Waals surface area contributed by atoms with Gasteiger partial charge in [0.15, 0.2) is 28.6 Å². The summed E-state index contributed by atoms with van der Waals surface area (Å²) in [6.07, 6.45) is -5.23. The number of para-hydroxylation sites is 2. The predicted octanol–water partition coefficient (Wildman–Crippen LogP) is 4.35. The van der Waals surface area contributed by atoms with Gasteiger partial charge in [-0.1, -0.05) is 23.9 Å². The number of hydrogen-bond acceptors (Lipinski definition) is 7. The van der Waals surface area contributed by atoms with E-state index in [2.05, 4.69) is 20.3 Å². The van der Waals surface area contributed by atoms with E-state index in [9.17, 15) is 18.0 Å². The van der Waals surface area contributed by atoms with Gasteiger partial charge in [0.25, 0.3) is 0 Å². The summed E-state index contributed by atoms with van der Waals surface area (Å²) in [7, 11) is 1.77. The van der Waals surface area contributed by atoms with Crippen LogP contribution in [-0.2, 0) is 11.8 Å². The molecule has 1 aromatic heterocycles. The SMILES string of the molecule is CC(Sc1nnc(C2COc3ccccc3O2)n1C)C(=O)Nc1ccc(OC(F)(F)F)cc1. The van der Waals surface area contributed by atoms with E-state index >= 15 is 0 Å². The molecule has 8 nitrogen and oxygen atoms in total. The third-order valence-electron chi connectivity index (χ3n) is 4.67. The summed E-state index contributed by atoms with van der Waals surface area (Å²) < 4.78 is 54.0. The first kappa shape index (κ1) is 22.8. The molecule has 1 N–H and O–H groups in total. The normalized spacial score (nSPS) is 16.2. The average Bonchev–Trinajstić information content (AvgIpc) is 3.13. The van der Waals surface area contributed by atoms with Gasteiger partial charge in [-0.2, -0.15) is 0 Å². The number of fused-ring (bicyclic) bond motifs is 1. The summed E-state index contributed by atoms with van der Waals surface area (Å²) in [5.41, 5.74) is 0.340. The van der Waals surface area contributed by atoms with Gasteiger partial charge in [0.2, 0.25) is 5.91 Å². The van der Waals surface area contributed by atoms with Gasteiger partial charge in [-0.05, 0) is 43.3 Å². The molecule has 1 aliphatic heterocycles. The molecule has 0 spiro atoms. The Morgan fingerprint density at radius 2 is 1.88 bits per heavy atom. The standard InChI is InChI=1S/C21H19F3N4O4S/c1-12(19(29)25-13-7-9-14(10-8-13)32-21(22,23)24)33-20-27-26-18(28(20)2)17-11-30-15-5-3-4-6-16(15)31-17/h3-10,12,17H,11H2,1-2H3,(H,25,29). The molecule has 0 saturated carbocycles. The zero-order chi connectivity index (χ0) is 23.6. The highest BCUT2D eigenvalue weighted by molar-refractivity contribution is 8.00. The molecule has 33 heavy (non-hydrogen) atoms. The second-order valence-corrected chi connectivity index (χ2v) is 8.39. The van der Waals surface area contributed by atoms with E-state index in [0.717, 1.165) is 12.1 Å². The van der Waals surface area contributed by atoms with Crippen molar-refractivity contribution in [2.45, 2.75) is 29.8 Å². The number of halogens is 3. The molecule has 4 rings (SSSR count). The molecule has 1 aliphatic rings. The maximum Gasteiger partial charge on any atom is 0.573 e. The van der Waals surface area contributed by atoms with Gasteiger partial charge in [-0.25, -0.2) is 0 Å². The van der Waals surface area contributed by atoms with Crippen LogP contribution in [0, 0.1) is 0 Å². The van der Waals surface area contributed by atoms with Gasteiger partial charge in [0.05, 0.1) is 5.25 Å². The number of rotatable bonds is 6. The Morgan fingerprint density at radius 1 is 1.18 bits per heavy atom. The first-order valence-corrected chi connectivity index (χ1v) is 10.7. The third-order valence-corrected chi connectivity index (χ3v) is 5.81. The Labute approximate surface area is 191 Å². The smallest absolute Gasteiger partial charge is 0.485 e. The number of benzene rings is 2. The van der Waals surface area contributed by atoms with Crippen LogP contribution in [0.3, 0.4) is 0 Å². The molecule has 2 unspecified atom stereocenters. The van der Waals surface area contributed by atoms with E-state index in [-0.39, 0.29) is 18.3 Å². The lowest BCUT2D eigenvalue weighted by Crippen LogP contribution is -2.25. The molecule has 2 atom stereocenters. The minimum atomic E-state index is -4.77. The van der Waals surface area contributed by atoms with Crippen molar-refractivity contribution in [1.82, 2.24) is 14.8 Å². The maximum atomic E-state index is 12.5. The van der Waals surface area contributed by atoms with Gasteiger partial charge >= 0.3 is 6.36 Å². The average molecular weight is 480 g/mol. The molecule has 2 heterocycles. The van der Waals surface area contributed by atoms with Crippen LogP contribution >= 0.6 is 11.8 Å². The van der Waals surface area contributed by atoms with Crippen molar-refractivity contribution in [3.05, 3.63) is 54.4 Å². The van der Waals surface area contributed by atoms with Gasteiger partial charge in [-0.15, -0.1) is 23.4 Å². The van der Waals surface area contributed by atoms with E-state index in [0.29, 0.717) is 28.2 Å². The Morgan fingerprint density at radius 3 is 2.58 bits per heavy atom. The molecule has 0 radical (unpaired) electrons. The highest BCUT2D eigenvalue weighted by atomic mass is 32.2. The number of ether oxygens (including phenoxy) is 3. The Hall–Kier alpha value is -3.41. The second kappa shape index (κ2) is 9.22. The predicted molar refractivity (Wildman–Crippen MR) is 113 cm³/mol. The van der Waals surface area contributed by atoms with E-state index in [1.165, 1.54) is 23.9 Å². The summed E-state index contributed by atoms with van der Waals surface area (Å²) in [4.78, 5) is 12.5. The molecular weight excluding hydrogens is 461 g/mol. The van der Waals surface area contributed by atoms with E-state index in [1.54, 1.807) is 18.5 Å². The van der Waals surface area contributed by atoms with Crippen molar-refractivity contribution >= 4 is 23.4 Å². The Kier molecular flexibility index (Phi) is 6.36. The van der Waals surface area contributed by atoms with Crippen LogP contribution in [-0.4, -0.2) is 38.9 Å². The van der Waals surface area contributed by atoms with Gasteiger partial charge < -0.3 is 24.1 Å². The van der Waals surface area contributed by atoms with Crippen LogP contribution < -0.4 is 19.5 Å². The number of thioether (sulfide) groups is 1. The first-order valence-electron chi connectivity index (χ1n) is 9.81. The third kappa shape index (κ3) is 5.51. The van der Waals surface area contributed by atoms with Gasteiger partial charge in [0, 0.05) is 12.7 Å². The largest absolute Gasteiger partial charge is 0.573 e. The lowest BCUT2D eigenvalue weighted by atomic mass is 10.2. The van der Waals surface area contributed by atoms with Gasteiger partial charge in [-0.3, -0.25) is 4.79 Å². The highest BCUT2D eigenvalue weighted by Crippen LogP contribution is 2.36. The molecule has 174 valence electrons. The fourth-order valence-corrected chi connectivity index (χ4v) is 3.87. The van der Waals surface area contributed by atoms with Crippen LogP contribution in [0.5, 0.6) is 17.2 Å². The fraction of sp³-hybridized carbons (Fsp3) is 0.286. The van der Waals surface area contributed by atoms with Gasteiger partial charge in [0.1, 0.15) is 12.4 Å².